The number of para-hydroxylation sites is 1. The number of thioether (sulfide) groups is 1. The molecule has 0 fully saturated rings. The van der Waals surface area contributed by atoms with Gasteiger partial charge in [-0.15, -0.1) is 0 Å². The number of hydrogen-bond donors (Lipinski definition) is 2. The number of carbonyl (C=O) groups excluding carboxylic acids is 1. The zero-order valence-corrected chi connectivity index (χ0v) is 12.4. The van der Waals surface area contributed by atoms with Gasteiger partial charge >= 0.3 is 0 Å². The molecular formula is C13H19N3O3S. The summed E-state index contributed by atoms with van der Waals surface area (Å²) in [4.78, 5) is 22.2. The summed E-state index contributed by atoms with van der Waals surface area (Å²) in [5, 5.41) is 10.9. The Morgan fingerprint density at radius 3 is 2.75 bits per heavy atom. The monoisotopic (exact) mass is 297 g/mol. The lowest BCUT2D eigenvalue weighted by molar-refractivity contribution is -0.385. The maximum atomic E-state index is 11.7. The summed E-state index contributed by atoms with van der Waals surface area (Å²) >= 11 is 1.50. The molecule has 1 aromatic rings. The number of Topliss-reactive ketones (excluding diaryl/α,β-unsaturated/α-hetero) is 1. The average molecular weight is 297 g/mol. The molecule has 110 valence electrons. The van der Waals surface area contributed by atoms with E-state index in [4.69, 9.17) is 0 Å². The third-order valence-electron chi connectivity index (χ3n) is 2.79. The van der Waals surface area contributed by atoms with E-state index in [1.807, 2.05) is 6.92 Å². The van der Waals surface area contributed by atoms with Crippen LogP contribution >= 0.6 is 11.8 Å². The van der Waals surface area contributed by atoms with E-state index < -0.39 is 0 Å². The van der Waals surface area contributed by atoms with Crippen LogP contribution in [0.3, 0.4) is 0 Å². The molecule has 2 N–H and O–H groups in total. The molecule has 0 saturated heterocycles. The van der Waals surface area contributed by atoms with E-state index in [2.05, 4.69) is 10.9 Å². The van der Waals surface area contributed by atoms with Crippen LogP contribution in [0.25, 0.3) is 0 Å². The number of hydrazine groups is 1. The summed E-state index contributed by atoms with van der Waals surface area (Å²) in [7, 11) is 1.71. The third-order valence-corrected chi connectivity index (χ3v) is 3.87. The first-order chi connectivity index (χ1) is 9.60. The second-order valence-electron chi connectivity index (χ2n) is 4.17. The van der Waals surface area contributed by atoms with E-state index >= 15 is 0 Å². The molecule has 1 unspecified atom stereocenters. The molecule has 0 aromatic heterocycles. The Morgan fingerprint density at radius 1 is 1.45 bits per heavy atom. The smallest absolute Gasteiger partial charge is 0.273 e. The zero-order valence-electron chi connectivity index (χ0n) is 11.6. The predicted molar refractivity (Wildman–Crippen MR) is 80.5 cm³/mol. The fourth-order valence-electron chi connectivity index (χ4n) is 1.73. The van der Waals surface area contributed by atoms with Crippen molar-refractivity contribution in [3.63, 3.8) is 0 Å². The summed E-state index contributed by atoms with van der Waals surface area (Å²) in [6.07, 6.45) is 0.464. The second kappa shape index (κ2) is 8.68. The highest BCUT2D eigenvalue weighted by atomic mass is 32.2. The molecule has 0 bridgehead atoms. The first-order valence-electron chi connectivity index (χ1n) is 6.35. The molecule has 0 radical (unpaired) electrons. The van der Waals surface area contributed by atoms with Gasteiger partial charge in [-0.2, -0.15) is 11.8 Å². The van der Waals surface area contributed by atoms with Crippen LogP contribution in [0.1, 0.15) is 18.9 Å². The Bertz CT molecular complexity index is 468. The number of rotatable bonds is 9. The number of hydrogen-bond acceptors (Lipinski definition) is 6. The van der Waals surface area contributed by atoms with Crippen molar-refractivity contribution in [3.8, 4) is 0 Å². The lowest BCUT2D eigenvalue weighted by Gasteiger charge is -2.15. The van der Waals surface area contributed by atoms with Crippen molar-refractivity contribution in [2.75, 3.05) is 12.8 Å². The Kier molecular flexibility index (Phi) is 7.21. The summed E-state index contributed by atoms with van der Waals surface area (Å²) < 4.78 is 0. The average Bonchev–Trinajstić information content (AvgIpc) is 2.45. The van der Waals surface area contributed by atoms with Crippen molar-refractivity contribution in [1.29, 1.82) is 0 Å². The van der Waals surface area contributed by atoms with Gasteiger partial charge in [0.25, 0.3) is 5.69 Å². The fraction of sp³-hybridized carbons (Fsp3) is 0.462. The zero-order chi connectivity index (χ0) is 15.0. The standard InChI is InChI=1S/C13H19N3O3S/c1-3-13(17)11(15-14-2)9-20-8-10-6-4-5-7-12(10)16(18)19/h4-7,11,14-15H,3,8-9H2,1-2H3. The molecule has 20 heavy (non-hydrogen) atoms. The van der Waals surface area contributed by atoms with Gasteiger partial charge in [0.15, 0.2) is 5.78 Å². The number of nitro benzene ring substituents is 1. The molecule has 1 aromatic carbocycles. The van der Waals surface area contributed by atoms with Crippen LogP contribution in [-0.4, -0.2) is 29.5 Å². The van der Waals surface area contributed by atoms with Gasteiger partial charge in [0.05, 0.1) is 11.0 Å². The van der Waals surface area contributed by atoms with E-state index in [0.717, 1.165) is 0 Å². The van der Waals surface area contributed by atoms with Gasteiger partial charge in [-0.05, 0) is 7.05 Å². The van der Waals surface area contributed by atoms with Gasteiger partial charge in [0.2, 0.25) is 0 Å². The Morgan fingerprint density at radius 2 is 2.15 bits per heavy atom. The molecule has 0 spiro atoms. The van der Waals surface area contributed by atoms with Gasteiger partial charge in [-0.3, -0.25) is 20.3 Å². The van der Waals surface area contributed by atoms with E-state index in [1.165, 1.54) is 17.8 Å². The molecule has 0 amide bonds. The maximum absolute atomic E-state index is 11.7. The molecule has 0 saturated carbocycles. The van der Waals surface area contributed by atoms with Crippen molar-refractivity contribution in [2.24, 2.45) is 0 Å². The normalized spacial score (nSPS) is 12.1. The highest BCUT2D eigenvalue weighted by Gasteiger charge is 2.17. The van der Waals surface area contributed by atoms with Crippen LogP contribution in [0.4, 0.5) is 5.69 Å². The number of benzene rings is 1. The van der Waals surface area contributed by atoms with E-state index in [0.29, 0.717) is 23.5 Å². The van der Waals surface area contributed by atoms with Crippen molar-refractivity contribution in [1.82, 2.24) is 10.9 Å². The summed E-state index contributed by atoms with van der Waals surface area (Å²) in [6.45, 7) is 1.82. The van der Waals surface area contributed by atoms with Crippen molar-refractivity contribution >= 4 is 23.2 Å². The number of carbonyl (C=O) groups is 1. The van der Waals surface area contributed by atoms with Crippen LogP contribution in [0.15, 0.2) is 24.3 Å². The fourth-order valence-corrected chi connectivity index (χ4v) is 2.82. The Balaban J connectivity index is 2.59. The van der Waals surface area contributed by atoms with Crippen LogP contribution in [0.5, 0.6) is 0 Å². The lowest BCUT2D eigenvalue weighted by atomic mass is 10.2. The molecule has 1 rings (SSSR count). The van der Waals surface area contributed by atoms with Crippen LogP contribution in [-0.2, 0) is 10.5 Å². The molecule has 0 aliphatic rings. The first kappa shape index (κ1) is 16.6. The highest BCUT2D eigenvalue weighted by molar-refractivity contribution is 7.98. The van der Waals surface area contributed by atoms with Gasteiger partial charge in [0, 0.05) is 29.6 Å². The molecule has 7 heteroatoms. The SMILES string of the molecule is CCC(=O)C(CSCc1ccccc1[N+](=O)[O-])NNC. The van der Waals surface area contributed by atoms with Gasteiger partial charge < -0.3 is 0 Å². The second-order valence-corrected chi connectivity index (χ2v) is 5.20. The van der Waals surface area contributed by atoms with Crippen molar-refractivity contribution in [3.05, 3.63) is 39.9 Å². The minimum atomic E-state index is -0.379. The number of nitrogens with one attached hydrogen (secondary N) is 2. The van der Waals surface area contributed by atoms with Gasteiger partial charge in [0.1, 0.15) is 0 Å². The molecule has 6 nitrogen and oxygen atoms in total. The van der Waals surface area contributed by atoms with E-state index in [9.17, 15) is 14.9 Å². The summed E-state index contributed by atoms with van der Waals surface area (Å²) in [6, 6.07) is 6.39. The molecular weight excluding hydrogens is 278 g/mol. The van der Waals surface area contributed by atoms with E-state index in [1.54, 1.807) is 25.2 Å². The summed E-state index contributed by atoms with van der Waals surface area (Å²) in [5.41, 5.74) is 6.47. The first-order valence-corrected chi connectivity index (χ1v) is 7.50. The minimum Gasteiger partial charge on any atom is -0.298 e. The van der Waals surface area contributed by atoms with Crippen LogP contribution in [0, 0.1) is 10.1 Å². The van der Waals surface area contributed by atoms with E-state index in [-0.39, 0.29) is 22.4 Å². The number of nitrogens with zero attached hydrogens (tertiary/aromatic N) is 1. The molecule has 0 aliphatic carbocycles. The largest absolute Gasteiger partial charge is 0.298 e. The van der Waals surface area contributed by atoms with Crippen LogP contribution in [0.2, 0.25) is 0 Å². The molecule has 0 aliphatic heterocycles. The van der Waals surface area contributed by atoms with Crippen molar-refractivity contribution < 1.29 is 9.72 Å². The predicted octanol–water partition coefficient (Wildman–Crippen LogP) is 1.90. The third kappa shape index (κ3) is 4.92. The lowest BCUT2D eigenvalue weighted by Crippen LogP contribution is -2.45. The topological polar surface area (TPSA) is 84.3 Å². The molecule has 1 atom stereocenters. The Hall–Kier alpha value is -1.44. The summed E-state index contributed by atoms with van der Waals surface area (Å²) in [5.74, 6) is 1.20. The highest BCUT2D eigenvalue weighted by Crippen LogP contribution is 2.23. The van der Waals surface area contributed by atoms with Gasteiger partial charge in [-0.1, -0.05) is 25.1 Å². The van der Waals surface area contributed by atoms with Crippen molar-refractivity contribution in [2.45, 2.75) is 25.1 Å². The maximum Gasteiger partial charge on any atom is 0.273 e. The quantitative estimate of drug-likeness (QED) is 0.535. The Labute approximate surface area is 122 Å². The van der Waals surface area contributed by atoms with Crippen LogP contribution < -0.4 is 10.9 Å². The molecule has 0 heterocycles. The minimum absolute atomic E-state index is 0.120. The number of nitro groups is 1. The number of ketones is 1. The van der Waals surface area contributed by atoms with Gasteiger partial charge in [-0.25, -0.2) is 5.43 Å².